The highest BCUT2D eigenvalue weighted by Gasteiger charge is 2.42. The van der Waals surface area contributed by atoms with Crippen LogP contribution in [0.3, 0.4) is 0 Å². The Labute approximate surface area is 189 Å². The van der Waals surface area contributed by atoms with Crippen molar-refractivity contribution in [3.63, 3.8) is 0 Å². The van der Waals surface area contributed by atoms with Crippen LogP contribution in [0.4, 0.5) is 0 Å². The van der Waals surface area contributed by atoms with Gasteiger partial charge in [-0.15, -0.1) is 0 Å². The summed E-state index contributed by atoms with van der Waals surface area (Å²) >= 11 is 6.06. The summed E-state index contributed by atoms with van der Waals surface area (Å²) in [5, 5.41) is 3.68. The normalized spacial score (nSPS) is 15.4. The predicted molar refractivity (Wildman–Crippen MR) is 122 cm³/mol. The van der Waals surface area contributed by atoms with Crippen LogP contribution in [0.1, 0.15) is 43.4 Å². The molecule has 1 amide bonds. The average Bonchev–Trinajstić information content (AvgIpc) is 2.79. The van der Waals surface area contributed by atoms with Gasteiger partial charge in [-0.05, 0) is 52.8 Å². The molecule has 1 fully saturated rings. The van der Waals surface area contributed by atoms with Gasteiger partial charge in [0.05, 0.1) is 13.5 Å². The largest absolute Gasteiger partial charge is 0.467 e. The number of hydrogen-bond acceptors (Lipinski definition) is 4. The van der Waals surface area contributed by atoms with Crippen molar-refractivity contribution in [2.24, 2.45) is 0 Å². The zero-order valence-corrected chi connectivity index (χ0v) is 19.2. The maximum Gasteiger partial charge on any atom is 0.331 e. The van der Waals surface area contributed by atoms with Crippen LogP contribution in [0.15, 0.2) is 36.4 Å². The van der Waals surface area contributed by atoms with Crippen LogP contribution in [0, 0.1) is 0 Å². The molecule has 5 nitrogen and oxygen atoms in total. The van der Waals surface area contributed by atoms with Gasteiger partial charge in [0.25, 0.3) is 0 Å². The number of ether oxygens (including phenoxy) is 2. The van der Waals surface area contributed by atoms with Gasteiger partial charge in [-0.1, -0.05) is 49.7 Å². The van der Waals surface area contributed by atoms with E-state index < -0.39 is 11.5 Å². The second-order valence-electron chi connectivity index (χ2n) is 7.85. The Bertz CT molecular complexity index is 933. The van der Waals surface area contributed by atoms with Crippen LogP contribution in [0.2, 0.25) is 5.02 Å². The number of rotatable bonds is 7. The first-order valence-corrected chi connectivity index (χ1v) is 11.2. The predicted octanol–water partition coefficient (Wildman–Crippen LogP) is 4.51. The molecule has 6 heteroatoms. The highest BCUT2D eigenvalue weighted by molar-refractivity contribution is 6.30. The number of nitrogens with one attached hydrogen (secondary N) is 1. The summed E-state index contributed by atoms with van der Waals surface area (Å²) in [4.78, 5) is 25.6. The maximum absolute atomic E-state index is 13.2. The highest BCUT2D eigenvalue weighted by atomic mass is 35.5. The van der Waals surface area contributed by atoms with Gasteiger partial charge < -0.3 is 14.8 Å². The van der Waals surface area contributed by atoms with Crippen LogP contribution < -0.4 is 5.32 Å². The van der Waals surface area contributed by atoms with Crippen LogP contribution >= 0.6 is 11.6 Å². The summed E-state index contributed by atoms with van der Waals surface area (Å²) < 4.78 is 10.4. The smallest absolute Gasteiger partial charge is 0.331 e. The van der Waals surface area contributed by atoms with Crippen molar-refractivity contribution >= 4 is 23.5 Å². The molecule has 166 valence electrons. The first-order chi connectivity index (χ1) is 14.9. The molecule has 31 heavy (non-hydrogen) atoms. The Kier molecular flexibility index (Phi) is 7.74. The highest BCUT2D eigenvalue weighted by Crippen LogP contribution is 2.31. The third kappa shape index (κ3) is 5.10. The molecule has 0 atom stereocenters. The maximum atomic E-state index is 13.2. The van der Waals surface area contributed by atoms with Crippen molar-refractivity contribution in [2.45, 2.75) is 51.5 Å². The van der Waals surface area contributed by atoms with E-state index in [4.69, 9.17) is 21.1 Å². The Morgan fingerprint density at radius 1 is 1.03 bits per heavy atom. The van der Waals surface area contributed by atoms with E-state index in [0.29, 0.717) is 31.1 Å². The first kappa shape index (κ1) is 23.3. The lowest BCUT2D eigenvalue weighted by Gasteiger charge is -2.35. The van der Waals surface area contributed by atoms with E-state index in [1.165, 1.54) is 7.11 Å². The molecule has 1 aliphatic rings. The third-order valence-electron chi connectivity index (χ3n) is 6.06. The number of amides is 1. The molecule has 2 aromatic rings. The molecule has 0 bridgehead atoms. The van der Waals surface area contributed by atoms with E-state index in [0.717, 1.165) is 40.7 Å². The van der Waals surface area contributed by atoms with E-state index in [1.807, 2.05) is 24.3 Å². The molecule has 0 unspecified atom stereocenters. The van der Waals surface area contributed by atoms with Gasteiger partial charge in [-0.2, -0.15) is 0 Å². The molecule has 1 N–H and O–H groups in total. The first-order valence-electron chi connectivity index (χ1n) is 10.8. The monoisotopic (exact) mass is 443 g/mol. The molecule has 0 aromatic heterocycles. The Morgan fingerprint density at radius 3 is 2.29 bits per heavy atom. The van der Waals surface area contributed by atoms with Crippen molar-refractivity contribution in [1.82, 2.24) is 5.32 Å². The lowest BCUT2D eigenvalue weighted by atomic mass is 9.86. The lowest BCUT2D eigenvalue weighted by Crippen LogP contribution is -2.58. The second-order valence-corrected chi connectivity index (χ2v) is 8.29. The SMILES string of the molecule is CCc1ccc(-c2ccc(Cl)cc2)c(CC)c1CC(=O)NC1(C(=O)OC)CCOCC1. The van der Waals surface area contributed by atoms with E-state index in [9.17, 15) is 9.59 Å². The van der Waals surface area contributed by atoms with Gasteiger partial charge in [0.2, 0.25) is 5.91 Å². The number of halogens is 1. The average molecular weight is 444 g/mol. The van der Waals surface area contributed by atoms with Gasteiger partial charge in [0.15, 0.2) is 0 Å². The molecule has 0 radical (unpaired) electrons. The summed E-state index contributed by atoms with van der Waals surface area (Å²) in [5.74, 6) is -0.588. The van der Waals surface area contributed by atoms with E-state index >= 15 is 0 Å². The zero-order chi connectivity index (χ0) is 22.4. The molecule has 0 saturated carbocycles. The van der Waals surface area contributed by atoms with Gasteiger partial charge in [-0.25, -0.2) is 4.79 Å². The number of aryl methyl sites for hydroxylation is 1. The number of carbonyl (C=O) groups is 2. The van der Waals surface area contributed by atoms with Crippen molar-refractivity contribution in [3.8, 4) is 11.1 Å². The molecule has 0 spiro atoms. The minimum absolute atomic E-state index is 0.176. The lowest BCUT2D eigenvalue weighted by molar-refractivity contribution is -0.155. The summed E-state index contributed by atoms with van der Waals surface area (Å²) in [6, 6.07) is 12.0. The van der Waals surface area contributed by atoms with Crippen molar-refractivity contribution in [2.75, 3.05) is 20.3 Å². The quantitative estimate of drug-likeness (QED) is 0.639. The Morgan fingerprint density at radius 2 is 1.71 bits per heavy atom. The van der Waals surface area contributed by atoms with E-state index in [-0.39, 0.29) is 12.3 Å². The van der Waals surface area contributed by atoms with Crippen LogP contribution in [-0.4, -0.2) is 37.7 Å². The fraction of sp³-hybridized carbons (Fsp3) is 0.440. The molecule has 0 aliphatic carbocycles. The fourth-order valence-corrected chi connectivity index (χ4v) is 4.49. The van der Waals surface area contributed by atoms with Gasteiger partial charge in [0, 0.05) is 31.1 Å². The van der Waals surface area contributed by atoms with Crippen molar-refractivity contribution in [1.29, 1.82) is 0 Å². The molecular formula is C25H30ClNO4. The summed E-state index contributed by atoms with van der Waals surface area (Å²) in [5.41, 5.74) is 4.48. The Balaban J connectivity index is 1.93. The minimum atomic E-state index is -1.02. The molecule has 1 heterocycles. The number of esters is 1. The molecule has 1 saturated heterocycles. The zero-order valence-electron chi connectivity index (χ0n) is 18.4. The second kappa shape index (κ2) is 10.3. The number of carbonyl (C=O) groups excluding carboxylic acids is 2. The van der Waals surface area contributed by atoms with Gasteiger partial charge in [0.1, 0.15) is 5.54 Å². The van der Waals surface area contributed by atoms with Crippen LogP contribution in [0.5, 0.6) is 0 Å². The van der Waals surface area contributed by atoms with Crippen molar-refractivity contribution < 1.29 is 19.1 Å². The molecule has 2 aromatic carbocycles. The molecule has 1 aliphatic heterocycles. The standard InChI is InChI=1S/C25H30ClNO4/c1-4-17-8-11-21(18-6-9-19(26)10-7-18)20(5-2)22(17)16-23(28)27-25(24(29)30-3)12-14-31-15-13-25/h6-11H,4-5,12-16H2,1-3H3,(H,27,28). The van der Waals surface area contributed by atoms with Crippen LogP contribution in [-0.2, 0) is 38.3 Å². The number of hydrogen-bond donors (Lipinski definition) is 1. The summed E-state index contributed by atoms with van der Waals surface area (Å²) in [6.45, 7) is 5.03. The molecule has 3 rings (SSSR count). The number of methoxy groups -OCH3 is 1. The molecular weight excluding hydrogens is 414 g/mol. The van der Waals surface area contributed by atoms with Gasteiger partial charge in [-0.3, -0.25) is 4.79 Å². The summed E-state index contributed by atoms with van der Waals surface area (Å²) in [7, 11) is 1.35. The number of benzene rings is 2. The Hall–Kier alpha value is -2.37. The van der Waals surface area contributed by atoms with Gasteiger partial charge >= 0.3 is 5.97 Å². The fourth-order valence-electron chi connectivity index (χ4n) is 4.36. The van der Waals surface area contributed by atoms with E-state index in [2.05, 4.69) is 31.3 Å². The van der Waals surface area contributed by atoms with E-state index in [1.54, 1.807) is 0 Å². The van der Waals surface area contributed by atoms with Crippen LogP contribution in [0.25, 0.3) is 11.1 Å². The van der Waals surface area contributed by atoms with Crippen molar-refractivity contribution in [3.05, 3.63) is 58.1 Å². The third-order valence-corrected chi connectivity index (χ3v) is 6.31. The summed E-state index contributed by atoms with van der Waals surface area (Å²) in [6.07, 6.45) is 2.67. The topological polar surface area (TPSA) is 64.6 Å². The minimum Gasteiger partial charge on any atom is -0.467 e.